The van der Waals surface area contributed by atoms with Gasteiger partial charge in [0.25, 0.3) is 5.91 Å². The standard InChI is InChI=1S/C21H29ClN4O4/c1-13(2)17(24-18(27)15-5-7-16(22)8-6-15)20(29)25-9-11-26(12-10-25)21(30)19(28)23-14(3)4/h5-8,13-14,17H,9-12H2,1-4H3,(H,23,28)(H,24,27). The molecule has 8 nitrogen and oxygen atoms in total. The van der Waals surface area contributed by atoms with Crippen LogP contribution in [-0.2, 0) is 14.4 Å². The molecule has 1 aliphatic rings. The quantitative estimate of drug-likeness (QED) is 0.679. The van der Waals surface area contributed by atoms with Gasteiger partial charge >= 0.3 is 11.8 Å². The molecule has 30 heavy (non-hydrogen) atoms. The van der Waals surface area contributed by atoms with Crippen LogP contribution < -0.4 is 10.6 Å². The average Bonchev–Trinajstić information content (AvgIpc) is 2.70. The Morgan fingerprint density at radius 2 is 1.40 bits per heavy atom. The van der Waals surface area contributed by atoms with Gasteiger partial charge in [-0.1, -0.05) is 25.4 Å². The Hall–Kier alpha value is -2.61. The van der Waals surface area contributed by atoms with Crippen molar-refractivity contribution in [1.82, 2.24) is 20.4 Å². The molecule has 2 rings (SSSR count). The molecule has 1 saturated heterocycles. The van der Waals surface area contributed by atoms with E-state index < -0.39 is 17.9 Å². The van der Waals surface area contributed by atoms with Gasteiger partial charge in [-0.05, 0) is 44.0 Å². The molecular formula is C21H29ClN4O4. The summed E-state index contributed by atoms with van der Waals surface area (Å²) in [6.07, 6.45) is 0. The molecule has 1 aromatic rings. The number of rotatable bonds is 5. The van der Waals surface area contributed by atoms with Crippen molar-refractivity contribution < 1.29 is 19.2 Å². The molecule has 1 atom stereocenters. The van der Waals surface area contributed by atoms with Crippen molar-refractivity contribution in [1.29, 1.82) is 0 Å². The molecule has 1 aromatic carbocycles. The molecule has 1 unspecified atom stereocenters. The SMILES string of the molecule is CC(C)NC(=O)C(=O)N1CCN(C(=O)C(NC(=O)c2ccc(Cl)cc2)C(C)C)CC1. The highest BCUT2D eigenvalue weighted by atomic mass is 35.5. The lowest BCUT2D eigenvalue weighted by molar-refractivity contribution is -0.149. The van der Waals surface area contributed by atoms with E-state index in [1.807, 2.05) is 13.8 Å². The van der Waals surface area contributed by atoms with E-state index >= 15 is 0 Å². The van der Waals surface area contributed by atoms with Crippen molar-refractivity contribution in [3.8, 4) is 0 Å². The molecule has 2 N–H and O–H groups in total. The molecular weight excluding hydrogens is 408 g/mol. The van der Waals surface area contributed by atoms with Crippen LogP contribution in [0.3, 0.4) is 0 Å². The predicted molar refractivity (Wildman–Crippen MR) is 114 cm³/mol. The fourth-order valence-electron chi connectivity index (χ4n) is 3.13. The van der Waals surface area contributed by atoms with E-state index in [-0.39, 0.29) is 36.9 Å². The lowest BCUT2D eigenvalue weighted by Crippen LogP contribution is -2.58. The van der Waals surface area contributed by atoms with Gasteiger partial charge in [0.15, 0.2) is 0 Å². The molecule has 1 heterocycles. The van der Waals surface area contributed by atoms with E-state index in [0.29, 0.717) is 23.7 Å². The summed E-state index contributed by atoms with van der Waals surface area (Å²) >= 11 is 5.86. The number of hydrogen-bond acceptors (Lipinski definition) is 4. The molecule has 1 fully saturated rings. The Bertz CT molecular complexity index is 787. The lowest BCUT2D eigenvalue weighted by atomic mass is 10.0. The number of piperazine rings is 1. The minimum atomic E-state index is -0.695. The highest BCUT2D eigenvalue weighted by Crippen LogP contribution is 2.13. The number of nitrogens with zero attached hydrogens (tertiary/aromatic N) is 2. The summed E-state index contributed by atoms with van der Waals surface area (Å²) in [5.74, 6) is -1.90. The van der Waals surface area contributed by atoms with Crippen molar-refractivity contribution in [2.45, 2.75) is 39.8 Å². The zero-order chi connectivity index (χ0) is 22.4. The minimum Gasteiger partial charge on any atom is -0.346 e. The summed E-state index contributed by atoms with van der Waals surface area (Å²) < 4.78 is 0. The largest absolute Gasteiger partial charge is 0.346 e. The normalized spacial score (nSPS) is 15.2. The molecule has 9 heteroatoms. The van der Waals surface area contributed by atoms with E-state index in [1.165, 1.54) is 4.90 Å². The fraction of sp³-hybridized carbons (Fsp3) is 0.524. The predicted octanol–water partition coefficient (Wildman–Crippen LogP) is 1.29. The van der Waals surface area contributed by atoms with Gasteiger partial charge in [-0.25, -0.2) is 0 Å². The molecule has 0 aromatic heterocycles. The highest BCUT2D eigenvalue weighted by molar-refractivity contribution is 6.35. The molecule has 0 saturated carbocycles. The molecule has 1 aliphatic heterocycles. The third-order valence-corrected chi connectivity index (χ3v) is 5.07. The summed E-state index contributed by atoms with van der Waals surface area (Å²) in [6.45, 7) is 8.44. The zero-order valence-electron chi connectivity index (χ0n) is 17.8. The monoisotopic (exact) mass is 436 g/mol. The molecule has 0 aliphatic carbocycles. The second-order valence-corrected chi connectivity index (χ2v) is 8.38. The summed E-state index contributed by atoms with van der Waals surface area (Å²) in [4.78, 5) is 52.8. The maximum atomic E-state index is 13.0. The van der Waals surface area contributed by atoms with E-state index in [0.717, 1.165) is 0 Å². The van der Waals surface area contributed by atoms with Crippen molar-refractivity contribution in [2.75, 3.05) is 26.2 Å². The summed E-state index contributed by atoms with van der Waals surface area (Å²) in [5.41, 5.74) is 0.421. The third kappa shape index (κ3) is 6.19. The van der Waals surface area contributed by atoms with Crippen LogP contribution in [0.15, 0.2) is 24.3 Å². The van der Waals surface area contributed by atoms with E-state index in [2.05, 4.69) is 10.6 Å². The Balaban J connectivity index is 1.97. The number of halogens is 1. The van der Waals surface area contributed by atoms with Gasteiger partial charge in [0.2, 0.25) is 5.91 Å². The van der Waals surface area contributed by atoms with Crippen LogP contribution in [0.25, 0.3) is 0 Å². The second kappa shape index (κ2) is 10.4. The van der Waals surface area contributed by atoms with Crippen LogP contribution in [0.2, 0.25) is 5.02 Å². The summed E-state index contributed by atoms with van der Waals surface area (Å²) in [6, 6.07) is 5.63. The minimum absolute atomic E-state index is 0.120. The Labute approximate surface area is 181 Å². The number of amides is 4. The van der Waals surface area contributed by atoms with Crippen LogP contribution in [0.1, 0.15) is 38.1 Å². The second-order valence-electron chi connectivity index (χ2n) is 7.95. The van der Waals surface area contributed by atoms with Gasteiger partial charge in [-0.3, -0.25) is 19.2 Å². The van der Waals surface area contributed by atoms with E-state index in [4.69, 9.17) is 11.6 Å². The molecule has 4 amide bonds. The first kappa shape index (κ1) is 23.7. The third-order valence-electron chi connectivity index (χ3n) is 4.82. The van der Waals surface area contributed by atoms with Gasteiger partial charge in [0.05, 0.1) is 0 Å². The number of benzene rings is 1. The molecule has 164 valence electrons. The van der Waals surface area contributed by atoms with Crippen LogP contribution in [0, 0.1) is 5.92 Å². The van der Waals surface area contributed by atoms with Crippen molar-refractivity contribution in [2.24, 2.45) is 5.92 Å². The van der Waals surface area contributed by atoms with E-state index in [9.17, 15) is 19.2 Å². The first-order chi connectivity index (χ1) is 14.1. The first-order valence-corrected chi connectivity index (χ1v) is 10.4. The molecule has 0 radical (unpaired) electrons. The zero-order valence-corrected chi connectivity index (χ0v) is 18.5. The maximum absolute atomic E-state index is 13.0. The van der Waals surface area contributed by atoms with Crippen molar-refractivity contribution in [3.63, 3.8) is 0 Å². The van der Waals surface area contributed by atoms with Crippen LogP contribution in [0.4, 0.5) is 0 Å². The van der Waals surface area contributed by atoms with Crippen LogP contribution >= 0.6 is 11.6 Å². The van der Waals surface area contributed by atoms with Crippen LogP contribution in [0.5, 0.6) is 0 Å². The Kier molecular flexibility index (Phi) is 8.23. The molecule has 0 spiro atoms. The fourth-order valence-corrected chi connectivity index (χ4v) is 3.26. The van der Waals surface area contributed by atoms with Gasteiger partial charge in [-0.15, -0.1) is 0 Å². The smallest absolute Gasteiger partial charge is 0.312 e. The Morgan fingerprint density at radius 1 is 0.867 bits per heavy atom. The summed E-state index contributed by atoms with van der Waals surface area (Å²) in [5, 5.41) is 5.91. The van der Waals surface area contributed by atoms with E-state index in [1.54, 1.807) is 43.0 Å². The average molecular weight is 437 g/mol. The van der Waals surface area contributed by atoms with Crippen molar-refractivity contribution >= 4 is 35.2 Å². The number of carbonyl (C=O) groups is 4. The number of hydrogen-bond donors (Lipinski definition) is 2. The number of carbonyl (C=O) groups excluding carboxylic acids is 4. The highest BCUT2D eigenvalue weighted by Gasteiger charge is 2.33. The maximum Gasteiger partial charge on any atom is 0.312 e. The Morgan fingerprint density at radius 3 is 1.90 bits per heavy atom. The topological polar surface area (TPSA) is 98.8 Å². The van der Waals surface area contributed by atoms with Gasteiger partial charge in [0, 0.05) is 42.8 Å². The van der Waals surface area contributed by atoms with Gasteiger partial charge in [0.1, 0.15) is 6.04 Å². The van der Waals surface area contributed by atoms with Gasteiger partial charge in [-0.2, -0.15) is 0 Å². The summed E-state index contributed by atoms with van der Waals surface area (Å²) in [7, 11) is 0. The molecule has 0 bridgehead atoms. The lowest BCUT2D eigenvalue weighted by Gasteiger charge is -2.37. The van der Waals surface area contributed by atoms with Crippen LogP contribution in [-0.4, -0.2) is 71.7 Å². The number of nitrogens with one attached hydrogen (secondary N) is 2. The van der Waals surface area contributed by atoms with Gasteiger partial charge < -0.3 is 20.4 Å². The van der Waals surface area contributed by atoms with Crippen molar-refractivity contribution in [3.05, 3.63) is 34.9 Å². The first-order valence-electron chi connectivity index (χ1n) is 10.0.